The van der Waals surface area contributed by atoms with Gasteiger partial charge in [0.1, 0.15) is 11.6 Å². The fraction of sp³-hybridized carbons (Fsp3) is 0.455. The van der Waals surface area contributed by atoms with E-state index in [4.69, 9.17) is 20.3 Å². The van der Waals surface area contributed by atoms with Gasteiger partial charge in [-0.25, -0.2) is 8.96 Å². The Hall–Kier alpha value is -2.22. The van der Waals surface area contributed by atoms with E-state index in [1.165, 1.54) is 6.07 Å². The number of aliphatic hydroxyl groups excluding tert-OH is 1. The molecule has 15 heteroatoms. The molecule has 2 aromatic rings. The Morgan fingerprint density at radius 2 is 1.46 bits per heavy atom. The molecule has 0 amide bonds. The number of benzene rings is 2. The first-order valence-corrected chi connectivity index (χ1v) is 12.2. The van der Waals surface area contributed by atoms with Crippen LogP contribution in [0.25, 0.3) is 0 Å². The summed E-state index contributed by atoms with van der Waals surface area (Å²) in [7, 11) is -4.88. The van der Waals surface area contributed by atoms with Crippen molar-refractivity contribution in [3.05, 3.63) is 64.5 Å². The van der Waals surface area contributed by atoms with Gasteiger partial charge in [0.15, 0.2) is 0 Å². The molecule has 0 radical (unpaired) electrons. The molecule has 0 heterocycles. The maximum absolute atomic E-state index is 13.6. The van der Waals surface area contributed by atoms with Crippen LogP contribution in [0, 0.1) is 5.82 Å². The van der Waals surface area contributed by atoms with Crippen molar-refractivity contribution in [2.75, 3.05) is 19.8 Å². The zero-order valence-corrected chi connectivity index (χ0v) is 20.0. The zero-order chi connectivity index (χ0) is 28.1. The van der Waals surface area contributed by atoms with Gasteiger partial charge in [0, 0.05) is 0 Å². The van der Waals surface area contributed by atoms with E-state index in [9.17, 15) is 40.4 Å². The molecule has 0 aliphatic carbocycles. The number of alkyl halides is 6. The van der Waals surface area contributed by atoms with Crippen LogP contribution in [0.3, 0.4) is 0 Å². The molecule has 5 N–H and O–H groups in total. The maximum atomic E-state index is 13.6. The van der Waals surface area contributed by atoms with Crippen molar-refractivity contribution in [2.24, 2.45) is 5.73 Å². The molecule has 7 nitrogen and oxygen atoms in total. The molecular formula is C22H25F7NO6P. The highest BCUT2D eigenvalue weighted by atomic mass is 31.2. The lowest BCUT2D eigenvalue weighted by molar-refractivity contribution is -0.140. The van der Waals surface area contributed by atoms with Crippen LogP contribution in [-0.4, -0.2) is 40.3 Å². The first-order valence-electron chi connectivity index (χ1n) is 10.7. The van der Waals surface area contributed by atoms with Gasteiger partial charge < -0.3 is 25.4 Å². The number of hydrogen-bond donors (Lipinski definition) is 4. The third-order valence-electron chi connectivity index (χ3n) is 5.30. The third-order valence-corrected chi connectivity index (χ3v) is 5.76. The second kappa shape index (κ2) is 12.1. The summed E-state index contributed by atoms with van der Waals surface area (Å²) in [6.45, 7) is -1.75. The molecule has 1 unspecified atom stereocenters. The van der Waals surface area contributed by atoms with Gasteiger partial charge in [-0.1, -0.05) is 12.1 Å². The summed E-state index contributed by atoms with van der Waals surface area (Å²) >= 11 is 0. The van der Waals surface area contributed by atoms with Crippen molar-refractivity contribution in [3.8, 4) is 5.75 Å². The van der Waals surface area contributed by atoms with E-state index in [0.717, 1.165) is 18.2 Å². The Bertz CT molecular complexity index is 1110. The lowest BCUT2D eigenvalue weighted by Gasteiger charge is -2.27. The molecule has 2 rings (SSSR count). The fourth-order valence-electron chi connectivity index (χ4n) is 3.29. The lowest BCUT2D eigenvalue weighted by atomic mass is 9.93. The number of aliphatic hydroxyl groups is 1. The monoisotopic (exact) mass is 563 g/mol. The third kappa shape index (κ3) is 9.87. The second-order valence-corrected chi connectivity index (χ2v) is 9.62. The standard InChI is InChI=1S/C22H25F7NO6P/c23-18-5-3-14(10-16(18)21(24,25)26)2-1-9-35-19-6-4-15(11-17(19)22(27,28)29)7-8-20(30,12-31)13-36-37(32,33)34/h3-6,10-11,31H,1-2,7-9,12-13,30H2,(H2,32,33,34). The maximum Gasteiger partial charge on any atom is 0.469 e. The van der Waals surface area contributed by atoms with Crippen molar-refractivity contribution in [1.82, 2.24) is 0 Å². The van der Waals surface area contributed by atoms with Crippen molar-refractivity contribution in [1.29, 1.82) is 0 Å². The fourth-order valence-corrected chi connectivity index (χ4v) is 3.71. The highest BCUT2D eigenvalue weighted by Crippen LogP contribution is 2.39. The largest absolute Gasteiger partial charge is 0.493 e. The molecule has 1 atom stereocenters. The number of nitrogens with two attached hydrogens (primary N) is 1. The lowest BCUT2D eigenvalue weighted by Crippen LogP contribution is -2.48. The summed E-state index contributed by atoms with van der Waals surface area (Å²) in [4.78, 5) is 17.6. The van der Waals surface area contributed by atoms with Gasteiger partial charge in [-0.3, -0.25) is 4.52 Å². The number of rotatable bonds is 12. The molecule has 0 bridgehead atoms. The summed E-state index contributed by atoms with van der Waals surface area (Å²) in [5, 5.41) is 9.43. The van der Waals surface area contributed by atoms with Crippen LogP contribution >= 0.6 is 7.82 Å². The van der Waals surface area contributed by atoms with E-state index in [0.29, 0.717) is 12.1 Å². The molecule has 0 aromatic heterocycles. The number of ether oxygens (including phenoxy) is 1. The minimum atomic E-state index is -4.88. The molecule has 0 saturated heterocycles. The van der Waals surface area contributed by atoms with Crippen molar-refractivity contribution >= 4 is 7.82 Å². The van der Waals surface area contributed by atoms with E-state index in [-0.39, 0.29) is 43.4 Å². The van der Waals surface area contributed by atoms with Gasteiger partial charge >= 0.3 is 20.2 Å². The van der Waals surface area contributed by atoms with Crippen LogP contribution in [0.1, 0.15) is 35.1 Å². The number of aryl methyl sites for hydroxylation is 2. The second-order valence-electron chi connectivity index (χ2n) is 8.38. The van der Waals surface area contributed by atoms with Crippen LogP contribution in [0.5, 0.6) is 5.75 Å². The van der Waals surface area contributed by atoms with E-state index in [2.05, 4.69) is 4.52 Å². The predicted octanol–water partition coefficient (Wildman–Crippen LogP) is 4.61. The number of halogens is 7. The molecule has 0 saturated carbocycles. The topological polar surface area (TPSA) is 122 Å². The summed E-state index contributed by atoms with van der Waals surface area (Å²) in [6.07, 6.45) is -9.92. The van der Waals surface area contributed by atoms with Crippen LogP contribution in [0.2, 0.25) is 0 Å². The highest BCUT2D eigenvalue weighted by molar-refractivity contribution is 7.46. The van der Waals surface area contributed by atoms with Crippen LogP contribution in [0.4, 0.5) is 30.7 Å². The number of phosphoric acid groups is 1. The van der Waals surface area contributed by atoms with Crippen molar-refractivity contribution < 1.29 is 59.5 Å². The highest BCUT2D eigenvalue weighted by Gasteiger charge is 2.36. The van der Waals surface area contributed by atoms with E-state index >= 15 is 0 Å². The van der Waals surface area contributed by atoms with Gasteiger partial charge in [-0.2, -0.15) is 26.3 Å². The van der Waals surface area contributed by atoms with Crippen LogP contribution < -0.4 is 10.5 Å². The summed E-state index contributed by atoms with van der Waals surface area (Å²) in [5.41, 5.74) is 1.93. The Morgan fingerprint density at radius 1 is 0.892 bits per heavy atom. The molecule has 0 spiro atoms. The van der Waals surface area contributed by atoms with Gasteiger partial charge in [0.2, 0.25) is 0 Å². The SMILES string of the molecule is NC(CO)(CCc1ccc(OCCCc2ccc(F)c(C(F)(F)F)c2)c(C(F)(F)F)c1)COP(=O)(O)O. The minimum absolute atomic E-state index is 0.000774. The van der Waals surface area contributed by atoms with Crippen molar-refractivity contribution in [2.45, 2.75) is 43.6 Å². The summed E-state index contributed by atoms with van der Waals surface area (Å²) < 4.78 is 113. The van der Waals surface area contributed by atoms with Crippen molar-refractivity contribution in [3.63, 3.8) is 0 Å². The smallest absolute Gasteiger partial charge is 0.469 e. The molecule has 208 valence electrons. The van der Waals surface area contributed by atoms with E-state index < -0.39 is 61.6 Å². The molecule has 0 fully saturated rings. The Morgan fingerprint density at radius 3 is 2.03 bits per heavy atom. The van der Waals surface area contributed by atoms with E-state index in [1.54, 1.807) is 0 Å². The Labute approximate surface area is 207 Å². The summed E-state index contributed by atoms with van der Waals surface area (Å²) in [5.74, 6) is -1.94. The number of hydrogen-bond acceptors (Lipinski definition) is 5. The van der Waals surface area contributed by atoms with Crippen LogP contribution in [0.15, 0.2) is 36.4 Å². The normalized spacial score (nSPS) is 14.5. The number of phosphoric ester groups is 1. The summed E-state index contributed by atoms with van der Waals surface area (Å²) in [6, 6.07) is 5.62. The average molecular weight is 563 g/mol. The Kier molecular flexibility index (Phi) is 10.1. The van der Waals surface area contributed by atoms with Gasteiger partial charge in [-0.05, 0) is 61.1 Å². The molecular weight excluding hydrogens is 538 g/mol. The van der Waals surface area contributed by atoms with Gasteiger partial charge in [-0.15, -0.1) is 0 Å². The Balaban J connectivity index is 2.04. The molecule has 2 aromatic carbocycles. The van der Waals surface area contributed by atoms with Gasteiger partial charge in [0.25, 0.3) is 0 Å². The van der Waals surface area contributed by atoms with E-state index in [1.807, 2.05) is 0 Å². The molecule has 0 aliphatic heterocycles. The average Bonchev–Trinajstić information content (AvgIpc) is 2.78. The minimum Gasteiger partial charge on any atom is -0.493 e. The predicted molar refractivity (Wildman–Crippen MR) is 117 cm³/mol. The van der Waals surface area contributed by atoms with Gasteiger partial charge in [0.05, 0.1) is 36.5 Å². The first-order chi connectivity index (χ1) is 16.9. The first kappa shape index (κ1) is 31.0. The van der Waals surface area contributed by atoms with Crippen LogP contribution in [-0.2, 0) is 34.3 Å². The quantitative estimate of drug-likeness (QED) is 0.169. The molecule has 37 heavy (non-hydrogen) atoms. The molecule has 0 aliphatic rings. The zero-order valence-electron chi connectivity index (χ0n) is 19.2.